The van der Waals surface area contributed by atoms with Gasteiger partial charge in [-0.25, -0.2) is 0 Å². The predicted molar refractivity (Wildman–Crippen MR) is 54.3 cm³/mol. The Morgan fingerprint density at radius 2 is 2.53 bits per heavy atom. The monoisotopic (exact) mass is 211 g/mol. The second-order valence-electron chi connectivity index (χ2n) is 3.93. The van der Waals surface area contributed by atoms with Crippen LogP contribution in [0.2, 0.25) is 0 Å². The normalized spacial score (nSPS) is 21.0. The molecule has 2 rings (SSSR count). The van der Waals surface area contributed by atoms with Crippen molar-refractivity contribution in [3.63, 3.8) is 0 Å². The highest BCUT2D eigenvalue weighted by Gasteiger charge is 2.13. The van der Waals surface area contributed by atoms with E-state index in [1.807, 2.05) is 0 Å². The molecule has 1 N–H and O–H groups in total. The van der Waals surface area contributed by atoms with Gasteiger partial charge in [-0.1, -0.05) is 5.16 Å². The summed E-state index contributed by atoms with van der Waals surface area (Å²) in [7, 11) is 0. The van der Waals surface area contributed by atoms with E-state index in [1.54, 1.807) is 6.92 Å². The Morgan fingerprint density at radius 3 is 3.20 bits per heavy atom. The average molecular weight is 211 g/mol. The lowest BCUT2D eigenvalue weighted by Gasteiger charge is -2.06. The van der Waals surface area contributed by atoms with E-state index in [-0.39, 0.29) is 0 Å². The van der Waals surface area contributed by atoms with Gasteiger partial charge in [0, 0.05) is 13.5 Å². The Morgan fingerprint density at radius 1 is 1.60 bits per heavy atom. The number of aromatic nitrogens is 2. The van der Waals surface area contributed by atoms with E-state index in [1.165, 1.54) is 6.42 Å². The summed E-state index contributed by atoms with van der Waals surface area (Å²) in [4.78, 5) is 4.06. The van der Waals surface area contributed by atoms with Crippen molar-refractivity contribution in [1.29, 1.82) is 0 Å². The van der Waals surface area contributed by atoms with Crippen LogP contribution in [0.5, 0.6) is 0 Å². The molecule has 1 unspecified atom stereocenters. The minimum absolute atomic E-state index is 0.456. The first-order valence-electron chi connectivity index (χ1n) is 5.42. The van der Waals surface area contributed by atoms with Crippen LogP contribution < -0.4 is 5.32 Å². The van der Waals surface area contributed by atoms with Crippen molar-refractivity contribution >= 4 is 0 Å². The number of nitrogens with one attached hydrogen (secondary N) is 1. The van der Waals surface area contributed by atoms with E-state index < -0.39 is 0 Å². The minimum atomic E-state index is 0.456. The molecule has 0 bridgehead atoms. The van der Waals surface area contributed by atoms with Crippen molar-refractivity contribution in [2.24, 2.45) is 5.92 Å². The SMILES string of the molecule is Cc1nc(COCCC2CCNC2)no1. The largest absolute Gasteiger partial charge is 0.373 e. The molecule has 0 saturated carbocycles. The van der Waals surface area contributed by atoms with Gasteiger partial charge in [0.15, 0.2) is 5.82 Å². The van der Waals surface area contributed by atoms with Gasteiger partial charge in [-0.3, -0.25) is 0 Å². The summed E-state index contributed by atoms with van der Waals surface area (Å²) < 4.78 is 10.3. The molecule has 1 fully saturated rings. The summed E-state index contributed by atoms with van der Waals surface area (Å²) in [6, 6.07) is 0. The first kappa shape index (κ1) is 10.6. The van der Waals surface area contributed by atoms with Crippen molar-refractivity contribution in [2.75, 3.05) is 19.7 Å². The third-order valence-electron chi connectivity index (χ3n) is 2.63. The van der Waals surface area contributed by atoms with Gasteiger partial charge < -0.3 is 14.6 Å². The zero-order valence-electron chi connectivity index (χ0n) is 9.03. The van der Waals surface area contributed by atoms with E-state index >= 15 is 0 Å². The minimum Gasteiger partial charge on any atom is -0.373 e. The maximum Gasteiger partial charge on any atom is 0.223 e. The summed E-state index contributed by atoms with van der Waals surface area (Å²) in [5.41, 5.74) is 0. The van der Waals surface area contributed by atoms with Gasteiger partial charge in [0.25, 0.3) is 0 Å². The zero-order chi connectivity index (χ0) is 10.5. The predicted octanol–water partition coefficient (Wildman–Crippen LogP) is 0.894. The fraction of sp³-hybridized carbons (Fsp3) is 0.800. The molecule has 1 aliphatic heterocycles. The van der Waals surface area contributed by atoms with Gasteiger partial charge in [0.05, 0.1) is 0 Å². The number of hydrogen-bond donors (Lipinski definition) is 1. The van der Waals surface area contributed by atoms with E-state index in [9.17, 15) is 0 Å². The van der Waals surface area contributed by atoms with E-state index in [2.05, 4.69) is 15.5 Å². The van der Waals surface area contributed by atoms with Gasteiger partial charge in [-0.2, -0.15) is 4.98 Å². The highest BCUT2D eigenvalue weighted by atomic mass is 16.5. The zero-order valence-corrected chi connectivity index (χ0v) is 9.03. The first-order chi connectivity index (χ1) is 7.34. The lowest BCUT2D eigenvalue weighted by atomic mass is 10.1. The molecule has 0 amide bonds. The van der Waals surface area contributed by atoms with Crippen LogP contribution in [0.25, 0.3) is 0 Å². The topological polar surface area (TPSA) is 60.2 Å². The van der Waals surface area contributed by atoms with E-state index in [0.29, 0.717) is 18.3 Å². The average Bonchev–Trinajstić information content (AvgIpc) is 2.84. The molecule has 5 nitrogen and oxygen atoms in total. The third kappa shape index (κ3) is 3.28. The van der Waals surface area contributed by atoms with Gasteiger partial charge >= 0.3 is 0 Å². The fourth-order valence-electron chi connectivity index (χ4n) is 1.77. The Kier molecular flexibility index (Phi) is 3.69. The highest BCUT2D eigenvalue weighted by Crippen LogP contribution is 2.12. The van der Waals surface area contributed by atoms with Crippen LogP contribution in [-0.4, -0.2) is 29.8 Å². The molecule has 1 aromatic heterocycles. The van der Waals surface area contributed by atoms with Crippen LogP contribution in [0.4, 0.5) is 0 Å². The summed E-state index contributed by atoms with van der Waals surface area (Å²) >= 11 is 0. The lowest BCUT2D eigenvalue weighted by molar-refractivity contribution is 0.102. The Labute approximate surface area is 89.2 Å². The van der Waals surface area contributed by atoms with Crippen LogP contribution in [0.15, 0.2) is 4.52 Å². The number of ether oxygens (including phenoxy) is 1. The quantitative estimate of drug-likeness (QED) is 0.733. The summed E-state index contributed by atoms with van der Waals surface area (Å²) in [6.07, 6.45) is 2.38. The van der Waals surface area contributed by atoms with Gasteiger partial charge in [0.2, 0.25) is 5.89 Å². The Hall–Kier alpha value is -0.940. The maximum absolute atomic E-state index is 5.48. The second-order valence-corrected chi connectivity index (χ2v) is 3.93. The van der Waals surface area contributed by atoms with Crippen molar-refractivity contribution < 1.29 is 9.26 Å². The van der Waals surface area contributed by atoms with Crippen molar-refractivity contribution in [2.45, 2.75) is 26.4 Å². The molecule has 1 atom stereocenters. The molecular formula is C10H17N3O2. The molecule has 1 aromatic rings. The molecule has 0 radical (unpaired) electrons. The molecule has 0 spiro atoms. The first-order valence-corrected chi connectivity index (χ1v) is 5.42. The van der Waals surface area contributed by atoms with E-state index in [0.717, 1.165) is 32.0 Å². The van der Waals surface area contributed by atoms with Gasteiger partial charge in [-0.15, -0.1) is 0 Å². The molecule has 15 heavy (non-hydrogen) atoms. The number of rotatable bonds is 5. The molecule has 5 heteroatoms. The number of aryl methyl sites for hydroxylation is 1. The van der Waals surface area contributed by atoms with Crippen LogP contribution in [0.3, 0.4) is 0 Å². The molecule has 84 valence electrons. The number of nitrogens with zero attached hydrogens (tertiary/aromatic N) is 2. The van der Waals surface area contributed by atoms with Crippen molar-refractivity contribution in [1.82, 2.24) is 15.5 Å². The van der Waals surface area contributed by atoms with Crippen LogP contribution >= 0.6 is 0 Å². The van der Waals surface area contributed by atoms with Gasteiger partial charge in [0.1, 0.15) is 6.61 Å². The third-order valence-corrected chi connectivity index (χ3v) is 2.63. The highest BCUT2D eigenvalue weighted by molar-refractivity contribution is 4.80. The van der Waals surface area contributed by atoms with Crippen LogP contribution in [0.1, 0.15) is 24.6 Å². The Balaban J connectivity index is 1.58. The van der Waals surface area contributed by atoms with E-state index in [4.69, 9.17) is 9.26 Å². The van der Waals surface area contributed by atoms with Gasteiger partial charge in [-0.05, 0) is 31.8 Å². The maximum atomic E-state index is 5.48. The Bertz CT molecular complexity index is 295. The molecule has 1 aliphatic rings. The lowest BCUT2D eigenvalue weighted by Crippen LogP contribution is -2.10. The van der Waals surface area contributed by atoms with Crippen molar-refractivity contribution in [3.8, 4) is 0 Å². The second kappa shape index (κ2) is 5.23. The molecule has 2 heterocycles. The van der Waals surface area contributed by atoms with Crippen molar-refractivity contribution in [3.05, 3.63) is 11.7 Å². The molecular weight excluding hydrogens is 194 g/mol. The standard InChI is InChI=1S/C10H17N3O2/c1-8-12-10(13-15-8)7-14-5-3-9-2-4-11-6-9/h9,11H,2-7H2,1H3. The molecule has 1 saturated heterocycles. The summed E-state index contributed by atoms with van der Waals surface area (Å²) in [5, 5.41) is 7.10. The van der Waals surface area contributed by atoms with Crippen LogP contribution in [-0.2, 0) is 11.3 Å². The number of hydrogen-bond acceptors (Lipinski definition) is 5. The molecule has 0 aliphatic carbocycles. The van der Waals surface area contributed by atoms with Crippen LogP contribution in [0, 0.1) is 12.8 Å². The fourth-order valence-corrected chi connectivity index (χ4v) is 1.77. The summed E-state index contributed by atoms with van der Waals surface area (Å²) in [6.45, 7) is 5.29. The smallest absolute Gasteiger partial charge is 0.223 e. The summed E-state index contributed by atoms with van der Waals surface area (Å²) in [5.74, 6) is 2.00. The molecule has 0 aromatic carbocycles.